The number of carbonyl (C=O) groups excluding carboxylic acids is 1. The molecular weight excluding hydrogens is 238 g/mol. The number of aromatic hydroxyl groups is 1. The number of phenols is 1. The Bertz CT molecular complexity index is 414. The van der Waals surface area contributed by atoms with Crippen LogP contribution in [0.1, 0.15) is 32.1 Å². The Balaban J connectivity index is 2.02. The predicted molar refractivity (Wildman–Crippen MR) is 68.3 cm³/mol. The molecule has 0 spiro atoms. The van der Waals surface area contributed by atoms with Gasteiger partial charge in [-0.2, -0.15) is 0 Å². The fourth-order valence-corrected chi connectivity index (χ4v) is 2.43. The molecule has 0 saturated heterocycles. The van der Waals surface area contributed by atoms with Crippen LogP contribution >= 0.6 is 11.6 Å². The Hall–Kier alpha value is -1.22. The van der Waals surface area contributed by atoms with E-state index in [0.29, 0.717) is 10.7 Å². The molecule has 2 N–H and O–H groups in total. The summed E-state index contributed by atoms with van der Waals surface area (Å²) in [5.74, 6) is 0.247. The van der Waals surface area contributed by atoms with E-state index in [-0.39, 0.29) is 17.6 Å². The van der Waals surface area contributed by atoms with Crippen molar-refractivity contribution >= 4 is 23.2 Å². The van der Waals surface area contributed by atoms with Gasteiger partial charge in [-0.25, -0.2) is 0 Å². The Morgan fingerprint density at radius 1 is 1.29 bits per heavy atom. The van der Waals surface area contributed by atoms with Gasteiger partial charge in [0.15, 0.2) is 0 Å². The van der Waals surface area contributed by atoms with Gasteiger partial charge >= 0.3 is 0 Å². The van der Waals surface area contributed by atoms with Crippen molar-refractivity contribution < 1.29 is 9.90 Å². The highest BCUT2D eigenvalue weighted by molar-refractivity contribution is 6.33. The fraction of sp³-hybridized carbons (Fsp3) is 0.462. The van der Waals surface area contributed by atoms with Crippen LogP contribution in [0.5, 0.6) is 5.75 Å². The molecule has 3 nitrogen and oxygen atoms in total. The largest absolute Gasteiger partial charge is 0.508 e. The molecule has 0 unspecified atom stereocenters. The van der Waals surface area contributed by atoms with E-state index in [1.165, 1.54) is 18.6 Å². The molecule has 0 radical (unpaired) electrons. The van der Waals surface area contributed by atoms with E-state index in [9.17, 15) is 9.90 Å². The predicted octanol–water partition coefficient (Wildman–Crippen LogP) is 3.56. The summed E-state index contributed by atoms with van der Waals surface area (Å²) >= 11 is 5.94. The van der Waals surface area contributed by atoms with Crippen LogP contribution in [0.15, 0.2) is 18.2 Å². The normalized spacial score (nSPS) is 16.8. The van der Waals surface area contributed by atoms with Crippen molar-refractivity contribution in [3.8, 4) is 5.75 Å². The number of carbonyl (C=O) groups is 1. The zero-order valence-corrected chi connectivity index (χ0v) is 10.3. The molecule has 0 aliphatic heterocycles. The number of benzene rings is 1. The molecule has 4 heteroatoms. The number of anilines is 1. The number of phenolic OH excluding ortho intramolecular Hbond substituents is 1. The van der Waals surface area contributed by atoms with Gasteiger partial charge < -0.3 is 10.4 Å². The summed E-state index contributed by atoms with van der Waals surface area (Å²) in [4.78, 5) is 12.0. The zero-order chi connectivity index (χ0) is 12.3. The van der Waals surface area contributed by atoms with Crippen LogP contribution in [0.4, 0.5) is 5.69 Å². The minimum absolute atomic E-state index is 0.0392. The van der Waals surface area contributed by atoms with Gasteiger partial charge in [-0.1, -0.05) is 30.9 Å². The first-order chi connectivity index (χ1) is 8.16. The van der Waals surface area contributed by atoms with Crippen molar-refractivity contribution in [3.63, 3.8) is 0 Å². The number of amides is 1. The van der Waals surface area contributed by atoms with Crippen LogP contribution in [0.2, 0.25) is 5.02 Å². The monoisotopic (exact) mass is 253 g/mol. The van der Waals surface area contributed by atoms with Crippen LogP contribution in [-0.4, -0.2) is 11.0 Å². The Morgan fingerprint density at radius 3 is 2.65 bits per heavy atom. The highest BCUT2D eigenvalue weighted by Gasteiger charge is 2.21. The number of nitrogens with one attached hydrogen (secondary N) is 1. The number of halogens is 1. The van der Waals surface area contributed by atoms with Gasteiger partial charge in [0.1, 0.15) is 5.75 Å². The summed E-state index contributed by atoms with van der Waals surface area (Å²) < 4.78 is 0. The summed E-state index contributed by atoms with van der Waals surface area (Å²) in [5, 5.41) is 12.4. The van der Waals surface area contributed by atoms with E-state index in [4.69, 9.17) is 11.6 Å². The first kappa shape index (κ1) is 12.2. The molecule has 1 aliphatic carbocycles. The van der Waals surface area contributed by atoms with Crippen molar-refractivity contribution in [1.29, 1.82) is 0 Å². The van der Waals surface area contributed by atoms with Gasteiger partial charge in [-0.15, -0.1) is 0 Å². The lowest BCUT2D eigenvalue weighted by Crippen LogP contribution is -2.24. The Kier molecular flexibility index (Phi) is 3.89. The van der Waals surface area contributed by atoms with Crippen LogP contribution < -0.4 is 5.32 Å². The Labute approximate surface area is 106 Å². The Morgan fingerprint density at radius 2 is 2.00 bits per heavy atom. The second-order valence-corrected chi connectivity index (χ2v) is 4.90. The zero-order valence-electron chi connectivity index (χ0n) is 9.58. The fourth-order valence-electron chi connectivity index (χ4n) is 2.20. The molecule has 92 valence electrons. The summed E-state index contributed by atoms with van der Waals surface area (Å²) in [6, 6.07) is 4.57. The van der Waals surface area contributed by atoms with E-state index in [1.807, 2.05) is 0 Å². The van der Waals surface area contributed by atoms with E-state index < -0.39 is 0 Å². The maximum absolute atomic E-state index is 12.0. The molecule has 17 heavy (non-hydrogen) atoms. The van der Waals surface area contributed by atoms with Crippen LogP contribution in [0.3, 0.4) is 0 Å². The molecule has 1 aliphatic rings. The lowest BCUT2D eigenvalue weighted by molar-refractivity contribution is -0.120. The molecule has 1 fully saturated rings. The first-order valence-electron chi connectivity index (χ1n) is 5.96. The molecule has 2 rings (SSSR count). The number of rotatable bonds is 2. The molecule has 1 aromatic rings. The third-order valence-electron chi connectivity index (χ3n) is 3.19. The highest BCUT2D eigenvalue weighted by Crippen LogP contribution is 2.29. The van der Waals surface area contributed by atoms with Gasteiger partial charge in [0.25, 0.3) is 0 Å². The van der Waals surface area contributed by atoms with Crippen molar-refractivity contribution in [2.75, 3.05) is 5.32 Å². The molecule has 1 amide bonds. The second kappa shape index (κ2) is 5.41. The standard InChI is InChI=1S/C13H16ClNO2/c14-11-8-10(16)6-7-12(11)15-13(17)9-4-2-1-3-5-9/h6-9,16H,1-5H2,(H,15,17). The smallest absolute Gasteiger partial charge is 0.227 e. The van der Waals surface area contributed by atoms with Crippen LogP contribution in [0.25, 0.3) is 0 Å². The van der Waals surface area contributed by atoms with E-state index in [1.54, 1.807) is 6.07 Å². The van der Waals surface area contributed by atoms with Gasteiger partial charge in [0, 0.05) is 12.0 Å². The quantitative estimate of drug-likeness (QED) is 0.792. The number of hydrogen-bond acceptors (Lipinski definition) is 2. The van der Waals surface area contributed by atoms with Crippen molar-refractivity contribution in [2.24, 2.45) is 5.92 Å². The summed E-state index contributed by atoms with van der Waals surface area (Å²) in [6.07, 6.45) is 5.40. The number of hydrogen-bond donors (Lipinski definition) is 2. The first-order valence-corrected chi connectivity index (χ1v) is 6.34. The van der Waals surface area contributed by atoms with Crippen LogP contribution in [0, 0.1) is 5.92 Å². The lowest BCUT2D eigenvalue weighted by atomic mass is 9.88. The third-order valence-corrected chi connectivity index (χ3v) is 3.50. The van der Waals surface area contributed by atoms with Crippen molar-refractivity contribution in [3.05, 3.63) is 23.2 Å². The van der Waals surface area contributed by atoms with E-state index >= 15 is 0 Å². The SMILES string of the molecule is O=C(Nc1ccc(O)cc1Cl)C1CCCCC1. The minimum atomic E-state index is 0.0392. The van der Waals surface area contributed by atoms with Gasteiger partial charge in [0.05, 0.1) is 10.7 Å². The van der Waals surface area contributed by atoms with Gasteiger partial charge in [-0.3, -0.25) is 4.79 Å². The summed E-state index contributed by atoms with van der Waals surface area (Å²) in [6.45, 7) is 0. The van der Waals surface area contributed by atoms with Crippen molar-refractivity contribution in [1.82, 2.24) is 0 Å². The summed E-state index contributed by atoms with van der Waals surface area (Å²) in [7, 11) is 0. The minimum Gasteiger partial charge on any atom is -0.508 e. The van der Waals surface area contributed by atoms with Crippen molar-refractivity contribution in [2.45, 2.75) is 32.1 Å². The molecule has 0 aromatic heterocycles. The average molecular weight is 254 g/mol. The van der Waals surface area contributed by atoms with Gasteiger partial charge in [-0.05, 0) is 25.0 Å². The van der Waals surface area contributed by atoms with E-state index in [2.05, 4.69) is 5.32 Å². The third kappa shape index (κ3) is 3.13. The lowest BCUT2D eigenvalue weighted by Gasteiger charge is -2.21. The van der Waals surface area contributed by atoms with Gasteiger partial charge in [0.2, 0.25) is 5.91 Å². The second-order valence-electron chi connectivity index (χ2n) is 4.49. The summed E-state index contributed by atoms with van der Waals surface area (Å²) in [5.41, 5.74) is 0.569. The van der Waals surface area contributed by atoms with E-state index in [0.717, 1.165) is 25.7 Å². The maximum atomic E-state index is 12.0. The highest BCUT2D eigenvalue weighted by atomic mass is 35.5. The molecule has 0 heterocycles. The topological polar surface area (TPSA) is 49.3 Å². The molecule has 0 atom stereocenters. The maximum Gasteiger partial charge on any atom is 0.227 e. The molecule has 1 aromatic carbocycles. The molecule has 0 bridgehead atoms. The van der Waals surface area contributed by atoms with Crippen LogP contribution in [-0.2, 0) is 4.79 Å². The average Bonchev–Trinajstić information content (AvgIpc) is 2.34. The molecule has 1 saturated carbocycles. The molecular formula is C13H16ClNO2.